The van der Waals surface area contributed by atoms with Crippen molar-refractivity contribution in [3.05, 3.63) is 17.5 Å². The summed E-state index contributed by atoms with van der Waals surface area (Å²) in [4.78, 5) is 14.5. The summed E-state index contributed by atoms with van der Waals surface area (Å²) in [5.74, 6) is 0.764. The SMILES string of the molecule is Cc1cc(C(=O)N2CCC3NCCC3C2)n(C)n1.Cl. The van der Waals surface area contributed by atoms with Crippen LogP contribution in [0.2, 0.25) is 0 Å². The molecule has 0 aromatic carbocycles. The van der Waals surface area contributed by atoms with E-state index in [1.807, 2.05) is 24.9 Å². The normalized spacial score (nSPS) is 25.9. The zero-order valence-electron chi connectivity index (χ0n) is 11.4. The molecule has 2 aliphatic heterocycles. The Morgan fingerprint density at radius 3 is 2.95 bits per heavy atom. The third-order valence-corrected chi connectivity index (χ3v) is 4.16. The predicted octanol–water partition coefficient (Wildman–Crippen LogP) is 0.974. The van der Waals surface area contributed by atoms with E-state index in [1.54, 1.807) is 4.68 Å². The van der Waals surface area contributed by atoms with Gasteiger partial charge >= 0.3 is 0 Å². The van der Waals surface area contributed by atoms with Crippen molar-refractivity contribution in [2.75, 3.05) is 19.6 Å². The van der Waals surface area contributed by atoms with Gasteiger partial charge in [0.2, 0.25) is 0 Å². The average molecular weight is 285 g/mol. The maximum atomic E-state index is 12.5. The standard InChI is InChI=1S/C13H20N4O.ClH/c1-9-7-12(16(2)15-9)13(18)17-6-4-11-10(8-17)3-5-14-11;/h7,10-11,14H,3-6,8H2,1-2H3;1H. The van der Waals surface area contributed by atoms with Gasteiger partial charge in [0.15, 0.2) is 0 Å². The molecule has 19 heavy (non-hydrogen) atoms. The lowest BCUT2D eigenvalue weighted by Gasteiger charge is -2.34. The van der Waals surface area contributed by atoms with Crippen LogP contribution in [-0.4, -0.2) is 46.3 Å². The average Bonchev–Trinajstić information content (AvgIpc) is 2.93. The molecule has 6 heteroatoms. The topological polar surface area (TPSA) is 50.2 Å². The maximum absolute atomic E-state index is 12.5. The molecule has 3 rings (SSSR count). The number of aryl methyl sites for hydroxylation is 2. The Hall–Kier alpha value is -1.07. The first-order valence-electron chi connectivity index (χ1n) is 6.68. The number of nitrogens with one attached hydrogen (secondary N) is 1. The fourth-order valence-corrected chi connectivity index (χ4v) is 3.20. The van der Waals surface area contributed by atoms with E-state index < -0.39 is 0 Å². The van der Waals surface area contributed by atoms with Gasteiger partial charge < -0.3 is 10.2 Å². The fraction of sp³-hybridized carbons (Fsp3) is 0.692. The maximum Gasteiger partial charge on any atom is 0.272 e. The quantitative estimate of drug-likeness (QED) is 0.836. The van der Waals surface area contributed by atoms with Gasteiger partial charge in [-0.25, -0.2) is 0 Å². The summed E-state index contributed by atoms with van der Waals surface area (Å²) >= 11 is 0. The Kier molecular flexibility index (Phi) is 4.16. The number of fused-ring (bicyclic) bond motifs is 1. The lowest BCUT2D eigenvalue weighted by atomic mass is 9.93. The van der Waals surface area contributed by atoms with Crippen molar-refractivity contribution in [3.8, 4) is 0 Å². The van der Waals surface area contributed by atoms with Gasteiger partial charge in [-0.1, -0.05) is 0 Å². The molecular weight excluding hydrogens is 264 g/mol. The van der Waals surface area contributed by atoms with Gasteiger partial charge in [-0.15, -0.1) is 12.4 Å². The number of halogens is 1. The van der Waals surface area contributed by atoms with Gasteiger partial charge in [0, 0.05) is 26.2 Å². The number of carbonyl (C=O) groups is 1. The van der Waals surface area contributed by atoms with Crippen molar-refractivity contribution in [1.82, 2.24) is 20.0 Å². The van der Waals surface area contributed by atoms with Crippen LogP contribution in [0.3, 0.4) is 0 Å². The Morgan fingerprint density at radius 2 is 2.26 bits per heavy atom. The number of aromatic nitrogens is 2. The van der Waals surface area contributed by atoms with E-state index >= 15 is 0 Å². The van der Waals surface area contributed by atoms with Gasteiger partial charge in [0.25, 0.3) is 5.91 Å². The number of rotatable bonds is 1. The number of likely N-dealkylation sites (tertiary alicyclic amines) is 1. The molecule has 5 nitrogen and oxygen atoms in total. The molecule has 2 saturated heterocycles. The van der Waals surface area contributed by atoms with Gasteiger partial charge in [0.1, 0.15) is 5.69 Å². The zero-order valence-corrected chi connectivity index (χ0v) is 12.2. The monoisotopic (exact) mass is 284 g/mol. The number of nitrogens with zero attached hydrogens (tertiary/aromatic N) is 3. The number of hydrogen-bond acceptors (Lipinski definition) is 3. The molecule has 2 aliphatic rings. The van der Waals surface area contributed by atoms with Crippen LogP contribution in [0.25, 0.3) is 0 Å². The van der Waals surface area contributed by atoms with Crippen LogP contribution in [0.4, 0.5) is 0 Å². The molecule has 1 aromatic heterocycles. The minimum atomic E-state index is 0. The second-order valence-electron chi connectivity index (χ2n) is 5.44. The molecule has 0 spiro atoms. The largest absolute Gasteiger partial charge is 0.337 e. The highest BCUT2D eigenvalue weighted by Gasteiger charge is 2.35. The van der Waals surface area contributed by atoms with E-state index in [1.165, 1.54) is 6.42 Å². The second kappa shape index (κ2) is 5.51. The van der Waals surface area contributed by atoms with Crippen LogP contribution in [0.15, 0.2) is 6.07 Å². The van der Waals surface area contributed by atoms with Gasteiger partial charge in [-0.2, -0.15) is 5.10 Å². The molecule has 106 valence electrons. The summed E-state index contributed by atoms with van der Waals surface area (Å²) in [5, 5.41) is 7.77. The molecule has 1 aromatic rings. The lowest BCUT2D eigenvalue weighted by molar-refractivity contribution is 0.0651. The molecule has 1 N–H and O–H groups in total. The molecule has 2 fully saturated rings. The van der Waals surface area contributed by atoms with E-state index in [0.29, 0.717) is 17.7 Å². The highest BCUT2D eigenvalue weighted by Crippen LogP contribution is 2.25. The van der Waals surface area contributed by atoms with Crippen molar-refractivity contribution in [1.29, 1.82) is 0 Å². The van der Waals surface area contributed by atoms with Crippen molar-refractivity contribution in [2.24, 2.45) is 13.0 Å². The van der Waals surface area contributed by atoms with E-state index in [-0.39, 0.29) is 18.3 Å². The Bertz CT molecular complexity index is 473. The molecule has 1 amide bonds. The smallest absolute Gasteiger partial charge is 0.272 e. The molecule has 0 bridgehead atoms. The number of hydrogen-bond donors (Lipinski definition) is 1. The molecule has 3 heterocycles. The minimum Gasteiger partial charge on any atom is -0.337 e. The van der Waals surface area contributed by atoms with Gasteiger partial charge in [0.05, 0.1) is 5.69 Å². The van der Waals surface area contributed by atoms with E-state index in [2.05, 4.69) is 10.4 Å². The highest BCUT2D eigenvalue weighted by atomic mass is 35.5. The first-order valence-corrected chi connectivity index (χ1v) is 6.68. The van der Waals surface area contributed by atoms with E-state index in [0.717, 1.165) is 31.7 Å². The molecule has 2 atom stereocenters. The minimum absolute atomic E-state index is 0. The fourth-order valence-electron chi connectivity index (χ4n) is 3.20. The Morgan fingerprint density at radius 1 is 1.47 bits per heavy atom. The van der Waals surface area contributed by atoms with Crippen LogP contribution < -0.4 is 5.32 Å². The molecule has 0 radical (unpaired) electrons. The third-order valence-electron chi connectivity index (χ3n) is 4.16. The van der Waals surface area contributed by atoms with Crippen LogP contribution >= 0.6 is 12.4 Å². The zero-order chi connectivity index (χ0) is 12.7. The van der Waals surface area contributed by atoms with E-state index in [4.69, 9.17) is 0 Å². The van der Waals surface area contributed by atoms with Crippen LogP contribution in [0.5, 0.6) is 0 Å². The first-order chi connectivity index (χ1) is 8.65. The van der Waals surface area contributed by atoms with Crippen LogP contribution in [0.1, 0.15) is 29.0 Å². The molecule has 0 aliphatic carbocycles. The van der Waals surface area contributed by atoms with Crippen LogP contribution in [0, 0.1) is 12.8 Å². The summed E-state index contributed by atoms with van der Waals surface area (Å²) in [6, 6.07) is 2.50. The van der Waals surface area contributed by atoms with Crippen molar-refractivity contribution in [3.63, 3.8) is 0 Å². The van der Waals surface area contributed by atoms with Crippen molar-refractivity contribution in [2.45, 2.75) is 25.8 Å². The number of piperidine rings is 1. The lowest BCUT2D eigenvalue weighted by Crippen LogP contribution is -2.47. The predicted molar refractivity (Wildman–Crippen MR) is 75.6 cm³/mol. The number of carbonyl (C=O) groups excluding carboxylic acids is 1. The summed E-state index contributed by atoms with van der Waals surface area (Å²) in [5.41, 5.74) is 1.61. The first kappa shape index (κ1) is 14.3. The second-order valence-corrected chi connectivity index (χ2v) is 5.44. The number of amides is 1. The van der Waals surface area contributed by atoms with Gasteiger partial charge in [-0.05, 0) is 38.3 Å². The van der Waals surface area contributed by atoms with Crippen molar-refractivity contribution < 1.29 is 4.79 Å². The summed E-state index contributed by atoms with van der Waals surface area (Å²) in [6.07, 6.45) is 2.27. The summed E-state index contributed by atoms with van der Waals surface area (Å²) in [6.45, 7) is 4.77. The molecule has 0 saturated carbocycles. The van der Waals surface area contributed by atoms with E-state index in [9.17, 15) is 4.79 Å². The molecule has 2 unspecified atom stereocenters. The highest BCUT2D eigenvalue weighted by molar-refractivity contribution is 5.92. The molecular formula is C13H21ClN4O. The Labute approximate surface area is 119 Å². The third kappa shape index (κ3) is 2.62. The summed E-state index contributed by atoms with van der Waals surface area (Å²) in [7, 11) is 1.84. The summed E-state index contributed by atoms with van der Waals surface area (Å²) < 4.78 is 1.69. The Balaban J connectivity index is 0.00000133. The van der Waals surface area contributed by atoms with Gasteiger partial charge in [-0.3, -0.25) is 9.48 Å². The van der Waals surface area contributed by atoms with Crippen molar-refractivity contribution >= 4 is 18.3 Å². The van der Waals surface area contributed by atoms with Crippen LogP contribution in [-0.2, 0) is 7.05 Å².